The molecule has 11 atom stereocenters. The van der Waals surface area contributed by atoms with E-state index in [4.69, 9.17) is 37.9 Å². The summed E-state index contributed by atoms with van der Waals surface area (Å²) in [7, 11) is 3.34. The molecule has 0 spiro atoms. The second kappa shape index (κ2) is 12.8. The van der Waals surface area contributed by atoms with Crippen LogP contribution in [-0.2, 0) is 31.9 Å². The third kappa shape index (κ3) is 5.19. The normalized spacial score (nSPS) is 35.5. The first-order chi connectivity index (χ1) is 24.2. The van der Waals surface area contributed by atoms with Gasteiger partial charge in [-0.3, -0.25) is 0 Å². The van der Waals surface area contributed by atoms with Crippen molar-refractivity contribution in [3.8, 4) is 34.3 Å². The lowest BCUT2D eigenvalue weighted by Crippen LogP contribution is -2.60. The van der Waals surface area contributed by atoms with E-state index in [1.54, 1.807) is 20.3 Å². The maximum atomic E-state index is 10.3. The third-order valence-electron chi connectivity index (χ3n) is 10.6. The number of aryl methyl sites for hydroxylation is 2. The number of epoxide rings is 1. The standard InChI is InChI=1S/C20H18NO4.C15H22O10/c1-22-17-4-3-12-7-16-14-9-19-18(24-11-25-19)8-13(14)5-6-21(16)10-15(12)20(17)23-2;16-3-6-9(19)10(20)11(21)14(23-6)24-13-7-5(1-2-22-13)8(18)12-15(7,4-17)25-12/h3-4,7-10H,5-6,11H2,1-2H3;1-2,5-14,16-21H,3-4H2/q+1;/t;5-,6-,7-,8+,9-,10+,11-,12+,13+,14+,15-/m.1/s1. The Morgan fingerprint density at radius 3 is 2.46 bits per heavy atom. The number of nitrogens with zero attached hydrogens (tertiary/aromatic N) is 1. The van der Waals surface area contributed by atoms with E-state index in [1.807, 2.05) is 6.07 Å². The Bertz CT molecular complexity index is 1800. The number of fused-ring (bicyclic) bond motifs is 8. The molecule has 1 aliphatic carbocycles. The van der Waals surface area contributed by atoms with Crippen LogP contribution in [0.15, 0.2) is 48.9 Å². The summed E-state index contributed by atoms with van der Waals surface area (Å²) in [5.41, 5.74) is 2.68. The van der Waals surface area contributed by atoms with Gasteiger partial charge in [-0.05, 0) is 41.3 Å². The Hall–Kier alpha value is -3.77. The summed E-state index contributed by atoms with van der Waals surface area (Å²) >= 11 is 0. The lowest BCUT2D eigenvalue weighted by molar-refractivity contribution is -0.686. The minimum Gasteiger partial charge on any atom is -0.493 e. The summed E-state index contributed by atoms with van der Waals surface area (Å²) < 4.78 is 46.3. The predicted molar refractivity (Wildman–Crippen MR) is 169 cm³/mol. The van der Waals surface area contributed by atoms with Crippen LogP contribution in [0, 0.1) is 11.8 Å². The van der Waals surface area contributed by atoms with Gasteiger partial charge >= 0.3 is 0 Å². The van der Waals surface area contributed by atoms with Gasteiger partial charge in [-0.25, -0.2) is 0 Å². The number of methoxy groups -OCH3 is 2. The van der Waals surface area contributed by atoms with Crippen molar-refractivity contribution in [2.75, 3.05) is 34.2 Å². The summed E-state index contributed by atoms with van der Waals surface area (Å²) in [5.74, 6) is 2.27. The van der Waals surface area contributed by atoms with E-state index >= 15 is 0 Å². The number of pyridine rings is 1. The maximum absolute atomic E-state index is 10.3. The van der Waals surface area contributed by atoms with Gasteiger partial charge in [-0.15, -0.1) is 0 Å². The van der Waals surface area contributed by atoms with Crippen molar-refractivity contribution in [1.82, 2.24) is 0 Å². The molecule has 50 heavy (non-hydrogen) atoms. The highest BCUT2D eigenvalue weighted by Gasteiger charge is 2.75. The fourth-order valence-electron chi connectivity index (χ4n) is 7.94. The number of benzene rings is 2. The molecule has 3 aromatic rings. The smallest absolute Gasteiger partial charge is 0.231 e. The van der Waals surface area contributed by atoms with Gasteiger partial charge in [0.25, 0.3) is 0 Å². The van der Waals surface area contributed by atoms with Gasteiger partial charge in [0, 0.05) is 18.4 Å². The molecule has 6 aliphatic rings. The molecule has 0 radical (unpaired) electrons. The van der Waals surface area contributed by atoms with E-state index in [0.29, 0.717) is 6.79 Å². The van der Waals surface area contributed by atoms with Crippen LogP contribution in [-0.4, -0.2) is 120 Å². The average Bonchev–Trinajstić information content (AvgIpc) is 3.61. The molecular formula is C35H40NO14+. The van der Waals surface area contributed by atoms with Crippen molar-refractivity contribution >= 4 is 10.8 Å². The molecular weight excluding hydrogens is 658 g/mol. The Morgan fingerprint density at radius 2 is 1.72 bits per heavy atom. The van der Waals surface area contributed by atoms with E-state index in [2.05, 4.69) is 35.0 Å². The zero-order valence-corrected chi connectivity index (χ0v) is 27.3. The second-order valence-corrected chi connectivity index (χ2v) is 13.2. The van der Waals surface area contributed by atoms with Gasteiger partial charge < -0.3 is 68.5 Å². The molecule has 2 saturated heterocycles. The minimum absolute atomic E-state index is 0.299. The molecule has 9 rings (SSSR count). The van der Waals surface area contributed by atoms with Crippen LogP contribution in [0.2, 0.25) is 0 Å². The third-order valence-corrected chi connectivity index (χ3v) is 10.6. The topological polar surface area (TPSA) is 202 Å². The molecule has 5 aliphatic heterocycles. The second-order valence-electron chi connectivity index (χ2n) is 13.2. The average molecular weight is 699 g/mol. The van der Waals surface area contributed by atoms with E-state index in [0.717, 1.165) is 46.7 Å². The number of ether oxygens (including phenoxy) is 8. The maximum Gasteiger partial charge on any atom is 0.231 e. The van der Waals surface area contributed by atoms with Crippen molar-refractivity contribution in [2.45, 2.75) is 67.8 Å². The van der Waals surface area contributed by atoms with Crippen molar-refractivity contribution < 1.29 is 73.1 Å². The quantitative estimate of drug-likeness (QED) is 0.142. The summed E-state index contributed by atoms with van der Waals surface area (Å²) in [6, 6.07) is 10.4. The Balaban J connectivity index is 0.000000144. The number of rotatable bonds is 6. The van der Waals surface area contributed by atoms with E-state index in [9.17, 15) is 30.6 Å². The largest absolute Gasteiger partial charge is 0.493 e. The van der Waals surface area contributed by atoms with Crippen LogP contribution >= 0.6 is 0 Å². The monoisotopic (exact) mass is 698 g/mol. The van der Waals surface area contributed by atoms with Crippen LogP contribution < -0.4 is 23.5 Å². The van der Waals surface area contributed by atoms with Gasteiger partial charge in [0.05, 0.1) is 56.7 Å². The lowest BCUT2D eigenvalue weighted by atomic mass is 9.85. The molecule has 1 aromatic heterocycles. The summed E-state index contributed by atoms with van der Waals surface area (Å²) in [5, 5.41) is 61.2. The number of hydrogen-bond donors (Lipinski definition) is 6. The Morgan fingerprint density at radius 1 is 0.920 bits per heavy atom. The SMILES string of the molecule is COc1ccc2cc3[n+](cc2c1OC)CCc1cc2c(cc1-3)OCO2.OC[C@H]1O[C@@H](O[C@@H]2OC=C[C@H]3[C@H](O)[C@@H]4O[C@]4(CO)[C@@H]23)[C@H](O)[C@@H](O)[C@@H]1O. The van der Waals surface area contributed by atoms with E-state index in [-0.39, 0.29) is 12.5 Å². The molecule has 15 nitrogen and oxygen atoms in total. The molecule has 0 bridgehead atoms. The first-order valence-electron chi connectivity index (χ1n) is 16.5. The van der Waals surface area contributed by atoms with Gasteiger partial charge in [-0.2, -0.15) is 4.57 Å². The first-order valence-corrected chi connectivity index (χ1v) is 16.5. The number of aliphatic hydroxyl groups excluding tert-OH is 6. The molecule has 3 fully saturated rings. The highest BCUT2D eigenvalue weighted by molar-refractivity contribution is 5.91. The molecule has 268 valence electrons. The van der Waals surface area contributed by atoms with Gasteiger partial charge in [0.15, 0.2) is 42.0 Å². The van der Waals surface area contributed by atoms with Gasteiger partial charge in [0.2, 0.25) is 18.8 Å². The molecule has 0 unspecified atom stereocenters. The van der Waals surface area contributed by atoms with Crippen LogP contribution in [0.4, 0.5) is 0 Å². The van der Waals surface area contributed by atoms with Crippen LogP contribution in [0.25, 0.3) is 22.0 Å². The van der Waals surface area contributed by atoms with Crippen molar-refractivity contribution in [3.05, 3.63) is 54.4 Å². The summed E-state index contributed by atoms with van der Waals surface area (Å²) in [6.07, 6.45) is -3.36. The number of aromatic nitrogens is 1. The highest BCUT2D eigenvalue weighted by atomic mass is 16.8. The van der Waals surface area contributed by atoms with Crippen molar-refractivity contribution in [1.29, 1.82) is 0 Å². The Labute approximate surface area is 286 Å². The van der Waals surface area contributed by atoms with E-state index in [1.165, 1.54) is 23.1 Å². The lowest BCUT2D eigenvalue weighted by Gasteiger charge is -2.43. The first kappa shape index (κ1) is 33.4. The molecule has 2 aromatic carbocycles. The zero-order valence-electron chi connectivity index (χ0n) is 27.3. The predicted octanol–water partition coefficient (Wildman–Crippen LogP) is -0.494. The molecule has 6 N–H and O–H groups in total. The summed E-state index contributed by atoms with van der Waals surface area (Å²) in [4.78, 5) is 0. The van der Waals surface area contributed by atoms with Crippen LogP contribution in [0.3, 0.4) is 0 Å². The fraction of sp³-hybridized carbons (Fsp3) is 0.514. The molecule has 1 saturated carbocycles. The van der Waals surface area contributed by atoms with Gasteiger partial charge in [0.1, 0.15) is 36.1 Å². The number of hydrogen-bond acceptors (Lipinski definition) is 14. The molecule has 15 heteroatoms. The van der Waals surface area contributed by atoms with Crippen molar-refractivity contribution in [3.63, 3.8) is 0 Å². The van der Waals surface area contributed by atoms with Crippen molar-refractivity contribution in [2.24, 2.45) is 11.8 Å². The van der Waals surface area contributed by atoms with E-state index < -0.39 is 67.3 Å². The Kier molecular flexibility index (Phi) is 8.53. The summed E-state index contributed by atoms with van der Waals surface area (Å²) in [6.45, 7) is 0.305. The number of aliphatic hydroxyl groups is 6. The molecule has 6 heterocycles. The fourth-order valence-corrected chi connectivity index (χ4v) is 7.94. The van der Waals surface area contributed by atoms with Crippen LogP contribution in [0.5, 0.6) is 23.0 Å². The van der Waals surface area contributed by atoms with Gasteiger partial charge in [-0.1, -0.05) is 0 Å². The molecule has 0 amide bonds. The highest BCUT2D eigenvalue weighted by Crippen LogP contribution is 2.59. The minimum atomic E-state index is -1.57. The zero-order chi connectivity index (χ0) is 34.9. The van der Waals surface area contributed by atoms with Crippen LogP contribution in [0.1, 0.15) is 5.56 Å².